The molecule has 1 spiro atoms. The van der Waals surface area contributed by atoms with Crippen molar-refractivity contribution in [3.05, 3.63) is 29.8 Å². The summed E-state index contributed by atoms with van der Waals surface area (Å²) in [5.41, 5.74) is 0.00262. The van der Waals surface area contributed by atoms with Crippen molar-refractivity contribution < 1.29 is 39.7 Å². The molecule has 208 valence electrons. The molecule has 8 nitrogen and oxygen atoms in total. The van der Waals surface area contributed by atoms with E-state index in [1.165, 1.54) is 51.4 Å². The zero-order valence-electron chi connectivity index (χ0n) is 22.3. The lowest BCUT2D eigenvalue weighted by Gasteiger charge is -2.68. The van der Waals surface area contributed by atoms with Crippen LogP contribution in [0.3, 0.4) is 0 Å². The van der Waals surface area contributed by atoms with Gasteiger partial charge in [0.2, 0.25) is 6.29 Å². The number of rotatable bonds is 4. The lowest BCUT2D eigenvalue weighted by Crippen LogP contribution is -2.74. The van der Waals surface area contributed by atoms with Gasteiger partial charge in [0.1, 0.15) is 35.8 Å². The van der Waals surface area contributed by atoms with Gasteiger partial charge in [-0.15, -0.1) is 0 Å². The predicted octanol–water partition coefficient (Wildman–Crippen LogP) is 3.43. The van der Waals surface area contributed by atoms with Crippen molar-refractivity contribution in [3.8, 4) is 5.75 Å². The van der Waals surface area contributed by atoms with E-state index >= 15 is 0 Å². The van der Waals surface area contributed by atoms with Crippen LogP contribution in [0.2, 0.25) is 0 Å². The van der Waals surface area contributed by atoms with Gasteiger partial charge in [0, 0.05) is 0 Å². The van der Waals surface area contributed by atoms with E-state index in [4.69, 9.17) is 19.2 Å². The largest absolute Gasteiger partial charge is 0.462 e. The summed E-state index contributed by atoms with van der Waals surface area (Å²) in [6.07, 6.45) is 3.48. The number of hydrogen-bond acceptors (Lipinski definition) is 8. The molecule has 2 saturated heterocycles. The molecule has 2 aliphatic heterocycles. The minimum Gasteiger partial charge on any atom is -0.462 e. The molecule has 11 atom stereocenters. The predicted molar refractivity (Wildman–Crippen MR) is 135 cm³/mol. The molecule has 5 fully saturated rings. The Morgan fingerprint density at radius 2 is 1.73 bits per heavy atom. The minimum atomic E-state index is -1.48. The Labute approximate surface area is 219 Å². The van der Waals surface area contributed by atoms with Crippen molar-refractivity contribution in [1.82, 2.24) is 0 Å². The van der Waals surface area contributed by atoms with Crippen LogP contribution in [0.25, 0.3) is 0 Å². The summed E-state index contributed by atoms with van der Waals surface area (Å²) >= 11 is 0. The van der Waals surface area contributed by atoms with E-state index in [-0.39, 0.29) is 5.60 Å². The van der Waals surface area contributed by atoms with Gasteiger partial charge in [0.05, 0.1) is 6.61 Å². The summed E-state index contributed by atoms with van der Waals surface area (Å²) in [7, 11) is 0. The Bertz CT molecular complexity index is 925. The van der Waals surface area contributed by atoms with Gasteiger partial charge >= 0.3 is 0 Å². The van der Waals surface area contributed by atoms with Crippen molar-refractivity contribution in [2.24, 2.45) is 23.7 Å². The summed E-state index contributed by atoms with van der Waals surface area (Å²) in [6, 6.07) is 7.58. The third-order valence-electron chi connectivity index (χ3n) is 9.87. The highest BCUT2D eigenvalue weighted by molar-refractivity contribution is 5.37. The third-order valence-corrected chi connectivity index (χ3v) is 9.87. The van der Waals surface area contributed by atoms with Crippen LogP contribution in [0.4, 0.5) is 0 Å². The van der Waals surface area contributed by atoms with E-state index in [0.717, 1.165) is 11.5 Å². The normalized spacial score (nSPS) is 46.7. The van der Waals surface area contributed by atoms with Crippen LogP contribution in [0.1, 0.15) is 77.7 Å². The maximum absolute atomic E-state index is 10.4. The molecule has 3 saturated carbocycles. The molecule has 37 heavy (non-hydrogen) atoms. The number of hydrogen-bond donors (Lipinski definition) is 4. The molecule has 1 aromatic carbocycles. The molecule has 2 bridgehead atoms. The monoisotopic (exact) mass is 520 g/mol. The van der Waals surface area contributed by atoms with E-state index < -0.39 is 42.9 Å². The van der Waals surface area contributed by atoms with Gasteiger partial charge in [-0.2, -0.15) is 0 Å². The fourth-order valence-corrected chi connectivity index (χ4v) is 8.14. The standard InChI is InChI=1S/C27H38O8.C2H6/c1-26(27(35-34-26)17-8-5-11-20(27)19-10-3-2-6-15(19)12-17)16-7-4-9-18(13-16)32-25-24(31)23(30)22(29)21(14-28)33-25;1-2/h4,7,9,13,15,17,19-25,28-31H,2-3,5-6,8,10-12,14H2,1H3;1-2H3/t15?,17?,19?,20?,21?,22?,23?,24?,25-,26?,27?;/m1./s1. The van der Waals surface area contributed by atoms with Gasteiger partial charge in [-0.1, -0.05) is 51.7 Å². The van der Waals surface area contributed by atoms with Gasteiger partial charge in [0.25, 0.3) is 0 Å². The second kappa shape index (κ2) is 10.7. The van der Waals surface area contributed by atoms with Gasteiger partial charge < -0.3 is 29.9 Å². The molecule has 1 aromatic rings. The van der Waals surface area contributed by atoms with Gasteiger partial charge in [-0.3, -0.25) is 0 Å². The summed E-state index contributed by atoms with van der Waals surface area (Å²) < 4.78 is 11.5. The molecule has 0 radical (unpaired) electrons. The molecular weight excluding hydrogens is 476 g/mol. The average molecular weight is 521 g/mol. The third kappa shape index (κ3) is 4.24. The second-order valence-corrected chi connectivity index (χ2v) is 11.5. The number of ether oxygens (including phenoxy) is 2. The van der Waals surface area contributed by atoms with Gasteiger partial charge in [0.15, 0.2) is 5.60 Å². The summed E-state index contributed by atoms with van der Waals surface area (Å²) in [6.45, 7) is 5.64. The molecule has 3 aliphatic carbocycles. The minimum absolute atomic E-state index is 0.342. The van der Waals surface area contributed by atoms with Crippen molar-refractivity contribution >= 4 is 0 Å². The fourth-order valence-electron chi connectivity index (χ4n) is 8.14. The highest BCUT2D eigenvalue weighted by atomic mass is 17.3. The number of fused-ring (bicyclic) bond motifs is 2. The molecule has 0 aromatic heterocycles. The highest BCUT2D eigenvalue weighted by Crippen LogP contribution is 2.67. The number of aliphatic hydroxyl groups excluding tert-OH is 4. The SMILES string of the molecule is CC.CC1(c2cccc(O[C@@H]3OC(CO)C(O)C(O)C3O)c2)OOC12C1CCCC2C2CCCCC2C1. The second-order valence-electron chi connectivity index (χ2n) is 11.5. The molecule has 10 unspecified atom stereocenters. The van der Waals surface area contributed by atoms with E-state index in [2.05, 4.69) is 6.92 Å². The van der Waals surface area contributed by atoms with Crippen LogP contribution in [0.5, 0.6) is 5.75 Å². The Morgan fingerprint density at radius 1 is 0.946 bits per heavy atom. The zero-order chi connectivity index (χ0) is 26.4. The lowest BCUT2D eigenvalue weighted by atomic mass is 9.46. The quantitative estimate of drug-likeness (QED) is 0.446. The van der Waals surface area contributed by atoms with Crippen LogP contribution in [-0.2, 0) is 20.1 Å². The molecule has 2 heterocycles. The molecule has 8 heteroatoms. The van der Waals surface area contributed by atoms with Crippen LogP contribution in [-0.4, -0.2) is 63.3 Å². The van der Waals surface area contributed by atoms with Crippen molar-refractivity contribution in [1.29, 1.82) is 0 Å². The zero-order valence-corrected chi connectivity index (χ0v) is 22.3. The Morgan fingerprint density at radius 3 is 2.46 bits per heavy atom. The first-order valence-corrected chi connectivity index (χ1v) is 14.3. The first-order chi connectivity index (χ1) is 17.9. The highest BCUT2D eigenvalue weighted by Gasteiger charge is 2.73. The van der Waals surface area contributed by atoms with Gasteiger partial charge in [-0.25, -0.2) is 9.78 Å². The van der Waals surface area contributed by atoms with Crippen LogP contribution in [0.15, 0.2) is 24.3 Å². The van der Waals surface area contributed by atoms with Crippen molar-refractivity contribution in [3.63, 3.8) is 0 Å². The lowest BCUT2D eigenvalue weighted by molar-refractivity contribution is -0.590. The fraction of sp³-hybridized carbons (Fsp3) is 0.793. The molecule has 5 aliphatic rings. The molecule has 4 N–H and O–H groups in total. The van der Waals surface area contributed by atoms with Crippen molar-refractivity contribution in [2.45, 2.75) is 114 Å². The number of aliphatic hydroxyl groups is 4. The Hall–Kier alpha value is -1.26. The Kier molecular flexibility index (Phi) is 7.91. The Balaban J connectivity index is 0.00000137. The van der Waals surface area contributed by atoms with E-state index in [9.17, 15) is 20.4 Å². The van der Waals surface area contributed by atoms with Crippen LogP contribution < -0.4 is 4.74 Å². The smallest absolute Gasteiger partial charge is 0.229 e. The van der Waals surface area contributed by atoms with Crippen LogP contribution in [0, 0.1) is 23.7 Å². The number of benzene rings is 1. The maximum atomic E-state index is 10.4. The van der Waals surface area contributed by atoms with E-state index in [1.807, 2.05) is 32.0 Å². The molecule has 0 amide bonds. The topological polar surface area (TPSA) is 118 Å². The van der Waals surface area contributed by atoms with Gasteiger partial charge in [-0.05, 0) is 74.0 Å². The van der Waals surface area contributed by atoms with Crippen molar-refractivity contribution in [2.75, 3.05) is 6.61 Å². The summed E-state index contributed by atoms with van der Waals surface area (Å²) in [5.74, 6) is 2.90. The first kappa shape index (κ1) is 27.3. The van der Waals surface area contributed by atoms with Crippen LogP contribution >= 0.6 is 0 Å². The first-order valence-electron chi connectivity index (χ1n) is 14.3. The average Bonchev–Trinajstić information content (AvgIpc) is 2.93. The maximum Gasteiger partial charge on any atom is 0.229 e. The molecule has 6 rings (SSSR count). The summed E-state index contributed by atoms with van der Waals surface area (Å²) in [4.78, 5) is 12.2. The molecular formula is C29H44O8. The van der Waals surface area contributed by atoms with E-state index in [1.54, 1.807) is 6.07 Å². The summed E-state index contributed by atoms with van der Waals surface area (Å²) in [5, 5.41) is 40.1. The van der Waals surface area contributed by atoms with E-state index in [0.29, 0.717) is 23.5 Å².